The lowest BCUT2D eigenvalue weighted by molar-refractivity contribution is 0.414. The van der Waals surface area contributed by atoms with Crippen molar-refractivity contribution in [3.63, 3.8) is 0 Å². The van der Waals surface area contributed by atoms with E-state index in [1.807, 2.05) is 24.3 Å². The normalized spacial score (nSPS) is 20.1. The molecule has 0 bridgehead atoms. The smallest absolute Gasteiger partial charge is 0.171 e. The molecule has 0 saturated carbocycles. The van der Waals surface area contributed by atoms with Crippen molar-refractivity contribution in [1.82, 2.24) is 10.6 Å². The van der Waals surface area contributed by atoms with Gasteiger partial charge in [-0.3, -0.25) is 0 Å². The molecule has 1 aliphatic heterocycles. The van der Waals surface area contributed by atoms with Gasteiger partial charge in [0.2, 0.25) is 0 Å². The molecule has 1 aliphatic carbocycles. The van der Waals surface area contributed by atoms with Gasteiger partial charge >= 0.3 is 0 Å². The van der Waals surface area contributed by atoms with Gasteiger partial charge in [0.15, 0.2) is 5.11 Å². The highest BCUT2D eigenvalue weighted by Gasteiger charge is 2.31. The van der Waals surface area contributed by atoms with E-state index >= 15 is 0 Å². The van der Waals surface area contributed by atoms with Crippen LogP contribution in [-0.2, 0) is 0 Å². The van der Waals surface area contributed by atoms with Crippen molar-refractivity contribution in [2.24, 2.45) is 0 Å². The lowest BCUT2D eigenvalue weighted by atomic mass is 9.96. The van der Waals surface area contributed by atoms with Gasteiger partial charge in [-0.1, -0.05) is 24.3 Å². The Kier molecular flexibility index (Phi) is 4.86. The molecule has 2 N–H and O–H groups in total. The van der Waals surface area contributed by atoms with Crippen LogP contribution in [0.4, 0.5) is 0 Å². The first-order valence-electron chi connectivity index (χ1n) is 8.97. The van der Waals surface area contributed by atoms with E-state index in [9.17, 15) is 0 Å². The number of rotatable bonds is 4. The van der Waals surface area contributed by atoms with E-state index in [-0.39, 0.29) is 6.04 Å². The summed E-state index contributed by atoms with van der Waals surface area (Å²) < 4.78 is 10.5. The second-order valence-corrected chi connectivity index (χ2v) is 7.06. The quantitative estimate of drug-likeness (QED) is 0.774. The highest BCUT2D eigenvalue weighted by molar-refractivity contribution is 7.80. The summed E-state index contributed by atoms with van der Waals surface area (Å²) in [5.41, 5.74) is 6.16. The third-order valence-electron chi connectivity index (χ3n) is 5.07. The van der Waals surface area contributed by atoms with Gasteiger partial charge < -0.3 is 20.1 Å². The highest BCUT2D eigenvalue weighted by Crippen LogP contribution is 2.40. The summed E-state index contributed by atoms with van der Waals surface area (Å²) in [6.07, 6.45) is 4.24. The van der Waals surface area contributed by atoms with Gasteiger partial charge in [-0.2, -0.15) is 0 Å². The van der Waals surface area contributed by atoms with Crippen molar-refractivity contribution in [3.8, 4) is 11.5 Å². The summed E-state index contributed by atoms with van der Waals surface area (Å²) >= 11 is 5.48. The van der Waals surface area contributed by atoms with Crippen molar-refractivity contribution in [2.75, 3.05) is 14.2 Å². The van der Waals surface area contributed by atoms with Crippen LogP contribution in [0.25, 0.3) is 6.08 Å². The molecule has 1 unspecified atom stereocenters. The summed E-state index contributed by atoms with van der Waals surface area (Å²) in [4.78, 5) is 0. The molecular weight excluding hydrogens is 356 g/mol. The Labute approximate surface area is 164 Å². The third kappa shape index (κ3) is 3.55. The van der Waals surface area contributed by atoms with Crippen molar-refractivity contribution in [1.29, 1.82) is 0 Å². The van der Waals surface area contributed by atoms with E-state index in [4.69, 9.17) is 21.7 Å². The molecule has 2 aromatic rings. The van der Waals surface area contributed by atoms with E-state index in [0.29, 0.717) is 5.11 Å². The molecule has 0 radical (unpaired) electrons. The van der Waals surface area contributed by atoms with Crippen LogP contribution in [-0.4, -0.2) is 19.3 Å². The Morgan fingerprint density at radius 1 is 0.926 bits per heavy atom. The Balaban J connectivity index is 1.66. The Bertz CT molecular complexity index is 914. The number of hydrogen-bond donors (Lipinski definition) is 2. The van der Waals surface area contributed by atoms with Gasteiger partial charge in [0.05, 0.1) is 20.3 Å². The first-order chi connectivity index (χ1) is 13.2. The standard InChI is InChI=1S/C22H22N2O2S/c1-25-17-8-3-14(4-9-17)13-16-7-12-19-20(23-22(27)24-21(16)19)15-5-10-18(26-2)11-6-15/h3-6,8-11,13,20H,7,12H2,1-2H3,(H2,23,24,27)/b16-13+. The van der Waals surface area contributed by atoms with Gasteiger partial charge in [0.1, 0.15) is 11.5 Å². The van der Waals surface area contributed by atoms with Crippen molar-refractivity contribution < 1.29 is 9.47 Å². The zero-order valence-electron chi connectivity index (χ0n) is 15.4. The van der Waals surface area contributed by atoms with E-state index in [1.165, 1.54) is 16.7 Å². The largest absolute Gasteiger partial charge is 0.497 e. The molecule has 5 heteroatoms. The van der Waals surface area contributed by atoms with Gasteiger partial charge in [-0.15, -0.1) is 0 Å². The molecule has 0 fully saturated rings. The van der Waals surface area contributed by atoms with Crippen molar-refractivity contribution >= 4 is 23.4 Å². The van der Waals surface area contributed by atoms with Gasteiger partial charge in [-0.25, -0.2) is 0 Å². The SMILES string of the molecule is COc1ccc(/C=C2\CCC3=C2NC(=S)NC3c2ccc(OC)cc2)cc1. The predicted molar refractivity (Wildman–Crippen MR) is 112 cm³/mol. The van der Waals surface area contributed by atoms with E-state index in [0.717, 1.165) is 35.6 Å². The maximum atomic E-state index is 5.48. The van der Waals surface area contributed by atoms with Crippen molar-refractivity contribution in [2.45, 2.75) is 18.9 Å². The molecule has 27 heavy (non-hydrogen) atoms. The molecule has 138 valence electrons. The monoisotopic (exact) mass is 378 g/mol. The van der Waals surface area contributed by atoms with E-state index in [1.54, 1.807) is 14.2 Å². The maximum Gasteiger partial charge on any atom is 0.171 e. The second kappa shape index (κ2) is 7.45. The van der Waals surface area contributed by atoms with Crippen LogP contribution in [0.2, 0.25) is 0 Å². The first-order valence-corrected chi connectivity index (χ1v) is 9.38. The fourth-order valence-corrected chi connectivity index (χ4v) is 3.89. The minimum atomic E-state index is 0.0985. The summed E-state index contributed by atoms with van der Waals surface area (Å²) in [5.74, 6) is 1.72. The molecule has 2 aromatic carbocycles. The Morgan fingerprint density at radius 2 is 1.56 bits per heavy atom. The molecular formula is C22H22N2O2S. The number of methoxy groups -OCH3 is 2. The van der Waals surface area contributed by atoms with Crippen LogP contribution >= 0.6 is 12.2 Å². The third-order valence-corrected chi connectivity index (χ3v) is 5.29. The molecule has 4 nitrogen and oxygen atoms in total. The second-order valence-electron chi connectivity index (χ2n) is 6.65. The highest BCUT2D eigenvalue weighted by atomic mass is 32.1. The number of thiocarbonyl (C=S) groups is 1. The molecule has 1 heterocycles. The first kappa shape index (κ1) is 17.6. The topological polar surface area (TPSA) is 42.5 Å². The summed E-state index contributed by atoms with van der Waals surface area (Å²) in [6, 6.07) is 16.4. The number of hydrogen-bond acceptors (Lipinski definition) is 3. The van der Waals surface area contributed by atoms with Gasteiger partial charge in [0.25, 0.3) is 0 Å². The zero-order valence-corrected chi connectivity index (χ0v) is 16.2. The summed E-state index contributed by atoms with van der Waals surface area (Å²) in [6.45, 7) is 0. The molecule has 0 saturated heterocycles. The number of nitrogens with one attached hydrogen (secondary N) is 2. The van der Waals surface area contributed by atoms with Crippen LogP contribution < -0.4 is 20.1 Å². The molecule has 0 spiro atoms. The number of benzene rings is 2. The predicted octanol–water partition coefficient (Wildman–Crippen LogP) is 4.35. The summed E-state index contributed by atoms with van der Waals surface area (Å²) in [5, 5.41) is 7.46. The molecule has 1 atom stereocenters. The molecule has 4 rings (SSSR count). The number of allylic oxidation sites excluding steroid dienone is 1. The van der Waals surface area contributed by atoms with Crippen LogP contribution in [0.3, 0.4) is 0 Å². The number of ether oxygens (including phenoxy) is 2. The molecule has 0 amide bonds. The van der Waals surface area contributed by atoms with E-state index in [2.05, 4.69) is 41.0 Å². The molecule has 2 aliphatic rings. The lowest BCUT2D eigenvalue weighted by Gasteiger charge is -2.29. The van der Waals surface area contributed by atoms with Crippen molar-refractivity contribution in [3.05, 3.63) is 76.5 Å². The Morgan fingerprint density at radius 3 is 2.19 bits per heavy atom. The molecule has 0 aromatic heterocycles. The zero-order chi connectivity index (χ0) is 18.8. The van der Waals surface area contributed by atoms with Crippen LogP contribution in [0.1, 0.15) is 30.0 Å². The maximum absolute atomic E-state index is 5.48. The van der Waals surface area contributed by atoms with E-state index < -0.39 is 0 Å². The van der Waals surface area contributed by atoms with Gasteiger partial charge in [-0.05, 0) is 77.7 Å². The average molecular weight is 378 g/mol. The Hall–Kier alpha value is -2.79. The average Bonchev–Trinajstić information content (AvgIpc) is 3.10. The lowest BCUT2D eigenvalue weighted by Crippen LogP contribution is -2.42. The minimum Gasteiger partial charge on any atom is -0.497 e. The summed E-state index contributed by atoms with van der Waals surface area (Å²) in [7, 11) is 3.36. The van der Waals surface area contributed by atoms with Gasteiger partial charge in [0, 0.05) is 5.70 Å². The van der Waals surface area contributed by atoms with Crippen LogP contribution in [0.5, 0.6) is 11.5 Å². The fourth-order valence-electron chi connectivity index (χ4n) is 3.67. The fraction of sp³-hybridized carbons (Fsp3) is 0.227. The van der Waals surface area contributed by atoms with Crippen LogP contribution in [0.15, 0.2) is 65.4 Å². The van der Waals surface area contributed by atoms with Crippen LogP contribution in [0, 0.1) is 0 Å². The minimum absolute atomic E-state index is 0.0985.